The van der Waals surface area contributed by atoms with E-state index in [2.05, 4.69) is 0 Å². The van der Waals surface area contributed by atoms with Crippen LogP contribution in [0.2, 0.25) is 0 Å². The third kappa shape index (κ3) is 3.22. The molecule has 2 amide bonds. The van der Waals surface area contributed by atoms with Crippen LogP contribution in [0, 0.1) is 6.92 Å². The third-order valence-electron chi connectivity index (χ3n) is 4.49. The number of carbonyl (C=O) groups excluding carboxylic acids is 2. The van der Waals surface area contributed by atoms with E-state index in [1.165, 1.54) is 4.90 Å². The molecule has 2 saturated heterocycles. The molecule has 124 valence electrons. The Kier molecular flexibility index (Phi) is 4.61. The predicted octanol–water partition coefficient (Wildman–Crippen LogP) is 1.41. The number of benzene rings is 1. The largest absolute Gasteiger partial charge is 0.378 e. The Morgan fingerprint density at radius 1 is 1.22 bits per heavy atom. The normalized spacial score (nSPS) is 24.8. The zero-order valence-electron chi connectivity index (χ0n) is 13.2. The van der Waals surface area contributed by atoms with E-state index >= 15 is 0 Å². The molecule has 2 aliphatic rings. The first kappa shape index (κ1) is 15.9. The van der Waals surface area contributed by atoms with Crippen LogP contribution in [-0.2, 0) is 9.53 Å². The standard InChI is InChI=1S/C17H21FN2O3/c1-12-4-2-3-5-14(12)16(21)20-11-13(18)10-15(20)17(22)19-6-8-23-9-7-19/h2-5,13,15H,6-11H2,1H3/t13-,15-/m0/s1. The summed E-state index contributed by atoms with van der Waals surface area (Å²) in [5.74, 6) is -0.440. The van der Waals surface area contributed by atoms with Crippen LogP contribution in [-0.4, -0.2) is 66.7 Å². The maximum Gasteiger partial charge on any atom is 0.254 e. The molecular weight excluding hydrogens is 299 g/mol. The SMILES string of the molecule is Cc1ccccc1C(=O)N1C[C@@H](F)C[C@H]1C(=O)N1CCOCC1. The van der Waals surface area contributed by atoms with E-state index in [1.54, 1.807) is 17.0 Å². The fourth-order valence-corrected chi connectivity index (χ4v) is 3.21. The first-order chi connectivity index (χ1) is 11.1. The topological polar surface area (TPSA) is 49.9 Å². The Morgan fingerprint density at radius 2 is 1.91 bits per heavy atom. The molecule has 0 N–H and O–H groups in total. The summed E-state index contributed by atoms with van der Waals surface area (Å²) in [5.41, 5.74) is 1.36. The van der Waals surface area contributed by atoms with Gasteiger partial charge in [-0.05, 0) is 18.6 Å². The number of alkyl halides is 1. The van der Waals surface area contributed by atoms with Crippen molar-refractivity contribution in [1.29, 1.82) is 0 Å². The van der Waals surface area contributed by atoms with Gasteiger partial charge in [-0.15, -0.1) is 0 Å². The van der Waals surface area contributed by atoms with Crippen molar-refractivity contribution in [2.45, 2.75) is 25.6 Å². The number of rotatable bonds is 2. The highest BCUT2D eigenvalue weighted by Crippen LogP contribution is 2.25. The number of nitrogens with zero attached hydrogens (tertiary/aromatic N) is 2. The molecule has 2 aliphatic heterocycles. The fraction of sp³-hybridized carbons (Fsp3) is 0.529. The number of hydrogen-bond acceptors (Lipinski definition) is 3. The number of aryl methyl sites for hydroxylation is 1. The average Bonchev–Trinajstić information content (AvgIpc) is 2.96. The van der Waals surface area contributed by atoms with Crippen LogP contribution in [0.5, 0.6) is 0 Å². The van der Waals surface area contributed by atoms with Crippen molar-refractivity contribution in [3.8, 4) is 0 Å². The number of morpholine rings is 1. The van der Waals surface area contributed by atoms with E-state index in [0.717, 1.165) is 5.56 Å². The van der Waals surface area contributed by atoms with Gasteiger partial charge in [0.1, 0.15) is 12.2 Å². The summed E-state index contributed by atoms with van der Waals surface area (Å²) >= 11 is 0. The highest BCUT2D eigenvalue weighted by Gasteiger charge is 2.42. The molecule has 0 saturated carbocycles. The van der Waals surface area contributed by atoms with Gasteiger partial charge in [-0.3, -0.25) is 9.59 Å². The van der Waals surface area contributed by atoms with Crippen molar-refractivity contribution in [3.05, 3.63) is 35.4 Å². The van der Waals surface area contributed by atoms with Crippen LogP contribution < -0.4 is 0 Å². The highest BCUT2D eigenvalue weighted by molar-refractivity contribution is 5.99. The van der Waals surface area contributed by atoms with Crippen molar-refractivity contribution in [2.75, 3.05) is 32.8 Å². The lowest BCUT2D eigenvalue weighted by Crippen LogP contribution is -2.51. The summed E-state index contributed by atoms with van der Waals surface area (Å²) in [5, 5.41) is 0. The smallest absolute Gasteiger partial charge is 0.254 e. The minimum absolute atomic E-state index is 0.0199. The van der Waals surface area contributed by atoms with E-state index < -0.39 is 12.2 Å². The molecule has 23 heavy (non-hydrogen) atoms. The first-order valence-corrected chi connectivity index (χ1v) is 7.95. The zero-order valence-corrected chi connectivity index (χ0v) is 13.2. The Labute approximate surface area is 135 Å². The van der Waals surface area contributed by atoms with Gasteiger partial charge in [0.15, 0.2) is 0 Å². The molecule has 0 aromatic heterocycles. The van der Waals surface area contributed by atoms with Gasteiger partial charge in [-0.2, -0.15) is 0 Å². The lowest BCUT2D eigenvalue weighted by molar-refractivity contribution is -0.139. The summed E-state index contributed by atoms with van der Waals surface area (Å²) in [6, 6.07) is 6.48. The summed E-state index contributed by atoms with van der Waals surface area (Å²) in [6.07, 6.45) is -1.08. The second kappa shape index (κ2) is 6.66. The molecule has 5 nitrogen and oxygen atoms in total. The van der Waals surface area contributed by atoms with E-state index in [0.29, 0.717) is 31.9 Å². The molecule has 0 radical (unpaired) electrons. The fourth-order valence-electron chi connectivity index (χ4n) is 3.21. The van der Waals surface area contributed by atoms with Gasteiger partial charge >= 0.3 is 0 Å². The second-order valence-electron chi connectivity index (χ2n) is 6.06. The van der Waals surface area contributed by atoms with E-state index in [4.69, 9.17) is 4.74 Å². The van der Waals surface area contributed by atoms with Crippen LogP contribution in [0.4, 0.5) is 4.39 Å². The van der Waals surface area contributed by atoms with Gasteiger partial charge in [0.05, 0.1) is 19.8 Å². The van der Waals surface area contributed by atoms with Gasteiger partial charge in [-0.1, -0.05) is 18.2 Å². The Hall–Kier alpha value is -1.95. The molecule has 0 bridgehead atoms. The highest BCUT2D eigenvalue weighted by atomic mass is 19.1. The van der Waals surface area contributed by atoms with Crippen molar-refractivity contribution >= 4 is 11.8 Å². The molecule has 2 fully saturated rings. The first-order valence-electron chi connectivity index (χ1n) is 7.95. The number of carbonyl (C=O) groups is 2. The Morgan fingerprint density at radius 3 is 2.61 bits per heavy atom. The van der Waals surface area contributed by atoms with E-state index in [-0.39, 0.29) is 24.8 Å². The predicted molar refractivity (Wildman–Crippen MR) is 82.9 cm³/mol. The molecule has 2 atom stereocenters. The van der Waals surface area contributed by atoms with Crippen molar-refractivity contribution in [3.63, 3.8) is 0 Å². The maximum atomic E-state index is 13.9. The molecule has 1 aromatic rings. The van der Waals surface area contributed by atoms with E-state index in [1.807, 2.05) is 19.1 Å². The molecule has 3 rings (SSSR count). The molecular formula is C17H21FN2O3. The lowest BCUT2D eigenvalue weighted by Gasteiger charge is -2.32. The van der Waals surface area contributed by atoms with Crippen LogP contribution in [0.15, 0.2) is 24.3 Å². The quantitative estimate of drug-likeness (QED) is 0.828. The molecule has 0 spiro atoms. The summed E-state index contributed by atoms with van der Waals surface area (Å²) < 4.78 is 19.2. The number of likely N-dealkylation sites (tertiary alicyclic amines) is 1. The molecule has 2 heterocycles. The molecule has 1 aromatic carbocycles. The van der Waals surface area contributed by atoms with Crippen molar-refractivity contribution in [2.24, 2.45) is 0 Å². The maximum absolute atomic E-state index is 13.9. The van der Waals surface area contributed by atoms with Crippen LogP contribution in [0.25, 0.3) is 0 Å². The summed E-state index contributed by atoms with van der Waals surface area (Å²) in [6.45, 7) is 3.80. The number of ether oxygens (including phenoxy) is 1. The Balaban J connectivity index is 1.80. The zero-order chi connectivity index (χ0) is 16.4. The number of amides is 2. The summed E-state index contributed by atoms with van der Waals surface area (Å²) in [4.78, 5) is 28.5. The minimum Gasteiger partial charge on any atom is -0.378 e. The Bertz CT molecular complexity index is 601. The van der Waals surface area contributed by atoms with Crippen LogP contribution in [0.1, 0.15) is 22.3 Å². The van der Waals surface area contributed by atoms with Gasteiger partial charge < -0.3 is 14.5 Å². The van der Waals surface area contributed by atoms with E-state index in [9.17, 15) is 14.0 Å². The van der Waals surface area contributed by atoms with Gasteiger partial charge in [-0.25, -0.2) is 4.39 Å². The number of hydrogen-bond donors (Lipinski definition) is 0. The third-order valence-corrected chi connectivity index (χ3v) is 4.49. The van der Waals surface area contributed by atoms with Crippen molar-refractivity contribution < 1.29 is 18.7 Å². The molecule has 0 aliphatic carbocycles. The van der Waals surface area contributed by atoms with Crippen LogP contribution in [0.3, 0.4) is 0 Å². The van der Waals surface area contributed by atoms with Gasteiger partial charge in [0.2, 0.25) is 5.91 Å². The van der Waals surface area contributed by atoms with Crippen molar-refractivity contribution in [1.82, 2.24) is 9.80 Å². The second-order valence-corrected chi connectivity index (χ2v) is 6.06. The van der Waals surface area contributed by atoms with Crippen LogP contribution >= 0.6 is 0 Å². The molecule has 6 heteroatoms. The lowest BCUT2D eigenvalue weighted by atomic mass is 10.1. The number of halogens is 1. The monoisotopic (exact) mass is 320 g/mol. The van der Waals surface area contributed by atoms with Gasteiger partial charge in [0.25, 0.3) is 5.91 Å². The average molecular weight is 320 g/mol. The minimum atomic E-state index is -1.15. The van der Waals surface area contributed by atoms with Gasteiger partial charge in [0, 0.05) is 25.1 Å². The summed E-state index contributed by atoms with van der Waals surface area (Å²) in [7, 11) is 0. The molecule has 0 unspecified atom stereocenters.